The number of carbonyl (C=O) groups excluding carboxylic acids is 1. The van der Waals surface area contributed by atoms with Crippen molar-refractivity contribution in [3.05, 3.63) is 40.3 Å². The summed E-state index contributed by atoms with van der Waals surface area (Å²) in [6, 6.07) is 6.24. The van der Waals surface area contributed by atoms with Crippen LogP contribution in [0.3, 0.4) is 0 Å². The van der Waals surface area contributed by atoms with Gasteiger partial charge in [0.05, 0.1) is 0 Å². The third-order valence-electron chi connectivity index (χ3n) is 4.13. The number of hydrogen-bond acceptors (Lipinski definition) is 3. The first-order valence-corrected chi connectivity index (χ1v) is 8.50. The molecular formula is C16H21N3OS. The van der Waals surface area contributed by atoms with Crippen molar-refractivity contribution in [2.45, 2.75) is 38.0 Å². The number of nitrogens with zero attached hydrogens (tertiary/aromatic N) is 2. The lowest BCUT2D eigenvalue weighted by atomic mass is 9.94. The SMILES string of the molecule is O=C(CCCc1cccs1)N1CCCC(c2ccn[nH]2)C1. The summed E-state index contributed by atoms with van der Waals surface area (Å²) in [7, 11) is 0. The summed E-state index contributed by atoms with van der Waals surface area (Å²) in [4.78, 5) is 15.7. The third-order valence-corrected chi connectivity index (χ3v) is 5.07. The van der Waals surface area contributed by atoms with Gasteiger partial charge in [0.1, 0.15) is 0 Å². The Labute approximate surface area is 129 Å². The maximum absolute atomic E-state index is 12.3. The largest absolute Gasteiger partial charge is 0.342 e. The highest BCUT2D eigenvalue weighted by molar-refractivity contribution is 7.09. The number of H-pyrrole nitrogens is 1. The molecule has 0 saturated carbocycles. The second-order valence-electron chi connectivity index (χ2n) is 5.62. The molecule has 1 unspecified atom stereocenters. The van der Waals surface area contributed by atoms with Crippen molar-refractivity contribution in [1.29, 1.82) is 0 Å². The maximum atomic E-state index is 12.3. The van der Waals surface area contributed by atoms with E-state index < -0.39 is 0 Å². The quantitative estimate of drug-likeness (QED) is 0.922. The average Bonchev–Trinajstić information content (AvgIpc) is 3.21. The van der Waals surface area contributed by atoms with Crippen LogP contribution in [0.15, 0.2) is 29.8 Å². The fourth-order valence-electron chi connectivity index (χ4n) is 2.98. The molecule has 21 heavy (non-hydrogen) atoms. The van der Waals surface area contributed by atoms with Crippen molar-refractivity contribution in [3.63, 3.8) is 0 Å². The van der Waals surface area contributed by atoms with E-state index in [9.17, 15) is 4.79 Å². The van der Waals surface area contributed by atoms with Crippen LogP contribution in [0, 0.1) is 0 Å². The first-order valence-electron chi connectivity index (χ1n) is 7.62. The number of likely N-dealkylation sites (tertiary alicyclic amines) is 1. The summed E-state index contributed by atoms with van der Waals surface area (Å²) < 4.78 is 0. The summed E-state index contributed by atoms with van der Waals surface area (Å²) in [5.74, 6) is 0.721. The van der Waals surface area contributed by atoms with E-state index in [4.69, 9.17) is 0 Å². The van der Waals surface area contributed by atoms with Crippen LogP contribution in [-0.2, 0) is 11.2 Å². The van der Waals surface area contributed by atoms with Crippen LogP contribution in [0.2, 0.25) is 0 Å². The van der Waals surface area contributed by atoms with E-state index in [2.05, 4.69) is 27.7 Å². The average molecular weight is 303 g/mol. The molecule has 1 saturated heterocycles. The Kier molecular flexibility index (Phi) is 4.70. The molecule has 4 nitrogen and oxygen atoms in total. The molecule has 0 aliphatic carbocycles. The monoisotopic (exact) mass is 303 g/mol. The number of piperidine rings is 1. The molecule has 1 aliphatic rings. The molecule has 2 aromatic heterocycles. The highest BCUT2D eigenvalue weighted by Gasteiger charge is 2.25. The van der Waals surface area contributed by atoms with E-state index in [1.165, 1.54) is 4.88 Å². The predicted molar refractivity (Wildman–Crippen MR) is 84.4 cm³/mol. The number of nitrogens with one attached hydrogen (secondary N) is 1. The van der Waals surface area contributed by atoms with Gasteiger partial charge in [-0.15, -0.1) is 11.3 Å². The lowest BCUT2D eigenvalue weighted by Gasteiger charge is -2.32. The van der Waals surface area contributed by atoms with Crippen LogP contribution in [-0.4, -0.2) is 34.1 Å². The summed E-state index contributed by atoms with van der Waals surface area (Å²) in [5, 5.41) is 9.15. The Morgan fingerprint density at radius 3 is 3.19 bits per heavy atom. The topological polar surface area (TPSA) is 49.0 Å². The number of hydrogen-bond donors (Lipinski definition) is 1. The van der Waals surface area contributed by atoms with Gasteiger partial charge in [-0.1, -0.05) is 6.07 Å². The Morgan fingerprint density at radius 1 is 1.48 bits per heavy atom. The zero-order chi connectivity index (χ0) is 14.5. The maximum Gasteiger partial charge on any atom is 0.222 e. The van der Waals surface area contributed by atoms with Gasteiger partial charge in [-0.05, 0) is 43.2 Å². The van der Waals surface area contributed by atoms with Crippen molar-refractivity contribution in [2.24, 2.45) is 0 Å². The number of thiophene rings is 1. The van der Waals surface area contributed by atoms with Crippen molar-refractivity contribution in [3.8, 4) is 0 Å². The van der Waals surface area contributed by atoms with Gasteiger partial charge in [0.15, 0.2) is 0 Å². The highest BCUT2D eigenvalue weighted by atomic mass is 32.1. The summed E-state index contributed by atoms with van der Waals surface area (Å²) in [6.07, 6.45) is 6.64. The minimum atomic E-state index is 0.302. The van der Waals surface area contributed by atoms with Crippen molar-refractivity contribution in [2.75, 3.05) is 13.1 Å². The molecule has 0 spiro atoms. The first-order chi connectivity index (χ1) is 10.3. The van der Waals surface area contributed by atoms with Gasteiger partial charge in [-0.2, -0.15) is 5.10 Å². The second kappa shape index (κ2) is 6.89. The van der Waals surface area contributed by atoms with E-state index in [0.29, 0.717) is 18.2 Å². The van der Waals surface area contributed by atoms with Crippen LogP contribution < -0.4 is 0 Å². The number of amides is 1. The summed E-state index contributed by atoms with van der Waals surface area (Å²) >= 11 is 1.77. The summed E-state index contributed by atoms with van der Waals surface area (Å²) in [6.45, 7) is 1.74. The number of rotatable bonds is 5. The lowest BCUT2D eigenvalue weighted by molar-refractivity contribution is -0.132. The number of aromatic amines is 1. The van der Waals surface area contributed by atoms with Crippen LogP contribution in [0.4, 0.5) is 0 Å². The van der Waals surface area contributed by atoms with Gasteiger partial charge in [0.25, 0.3) is 0 Å². The van der Waals surface area contributed by atoms with E-state index in [0.717, 1.165) is 44.5 Å². The fourth-order valence-corrected chi connectivity index (χ4v) is 3.73. The van der Waals surface area contributed by atoms with Gasteiger partial charge in [-0.3, -0.25) is 9.89 Å². The highest BCUT2D eigenvalue weighted by Crippen LogP contribution is 2.25. The Balaban J connectivity index is 1.48. The van der Waals surface area contributed by atoms with Gasteiger partial charge in [0.2, 0.25) is 5.91 Å². The van der Waals surface area contributed by atoms with Gasteiger partial charge >= 0.3 is 0 Å². The zero-order valence-corrected chi connectivity index (χ0v) is 12.9. The standard InChI is InChI=1S/C16H21N3OS/c20-16(7-1-5-14-6-3-11-21-14)19-10-2-4-13(12-19)15-8-9-17-18-15/h3,6,8-9,11,13H,1-2,4-5,7,10,12H2,(H,17,18). The van der Waals surface area contributed by atoms with Crippen molar-refractivity contribution >= 4 is 17.2 Å². The molecule has 1 N–H and O–H groups in total. The molecule has 1 fully saturated rings. The second-order valence-corrected chi connectivity index (χ2v) is 6.66. The third kappa shape index (κ3) is 3.73. The van der Waals surface area contributed by atoms with Gasteiger partial charge < -0.3 is 4.90 Å². The first kappa shape index (κ1) is 14.3. The van der Waals surface area contributed by atoms with Gasteiger partial charge in [-0.25, -0.2) is 0 Å². The van der Waals surface area contributed by atoms with Crippen LogP contribution in [0.25, 0.3) is 0 Å². The zero-order valence-electron chi connectivity index (χ0n) is 12.1. The van der Waals surface area contributed by atoms with E-state index in [-0.39, 0.29) is 0 Å². The van der Waals surface area contributed by atoms with Crippen LogP contribution >= 0.6 is 11.3 Å². The molecule has 1 atom stereocenters. The molecule has 0 radical (unpaired) electrons. The molecule has 112 valence electrons. The molecule has 0 bridgehead atoms. The molecule has 5 heteroatoms. The molecule has 3 rings (SSSR count). The van der Waals surface area contributed by atoms with E-state index >= 15 is 0 Å². The van der Waals surface area contributed by atoms with E-state index in [1.807, 2.05) is 11.0 Å². The summed E-state index contributed by atoms with van der Waals surface area (Å²) in [5.41, 5.74) is 1.16. The Morgan fingerprint density at radius 2 is 2.43 bits per heavy atom. The molecule has 3 heterocycles. The number of aromatic nitrogens is 2. The predicted octanol–water partition coefficient (Wildman–Crippen LogP) is 3.20. The Hall–Kier alpha value is -1.62. The van der Waals surface area contributed by atoms with Crippen LogP contribution in [0.1, 0.15) is 42.2 Å². The van der Waals surface area contributed by atoms with Gasteiger partial charge in [0, 0.05) is 42.2 Å². The van der Waals surface area contributed by atoms with E-state index in [1.54, 1.807) is 17.5 Å². The lowest BCUT2D eigenvalue weighted by Crippen LogP contribution is -2.39. The minimum absolute atomic E-state index is 0.302. The van der Waals surface area contributed by atoms with Crippen molar-refractivity contribution < 1.29 is 4.79 Å². The minimum Gasteiger partial charge on any atom is -0.342 e. The number of carbonyl (C=O) groups is 1. The smallest absolute Gasteiger partial charge is 0.222 e. The fraction of sp³-hybridized carbons (Fsp3) is 0.500. The number of aryl methyl sites for hydroxylation is 1. The van der Waals surface area contributed by atoms with Crippen LogP contribution in [0.5, 0.6) is 0 Å². The normalized spacial score (nSPS) is 18.9. The molecule has 2 aromatic rings. The molecule has 1 aliphatic heterocycles. The molecule has 0 aromatic carbocycles. The molecule has 1 amide bonds. The Bertz CT molecular complexity index is 550. The van der Waals surface area contributed by atoms with Crippen molar-refractivity contribution in [1.82, 2.24) is 15.1 Å². The molecular weight excluding hydrogens is 282 g/mol.